The summed E-state index contributed by atoms with van der Waals surface area (Å²) in [6, 6.07) is 0. The Morgan fingerprint density at radius 2 is 1.33 bits per heavy atom. The van der Waals surface area contributed by atoms with Crippen molar-refractivity contribution in [2.24, 2.45) is 0 Å². The first kappa shape index (κ1) is 17.4. The van der Waals surface area contributed by atoms with Crippen molar-refractivity contribution in [3.05, 3.63) is 56.2 Å². The van der Waals surface area contributed by atoms with Gasteiger partial charge in [0.15, 0.2) is 21.6 Å². The summed E-state index contributed by atoms with van der Waals surface area (Å²) in [5.74, 6) is 0. The molecule has 0 radical (unpaired) electrons. The van der Waals surface area contributed by atoms with Crippen LogP contribution < -0.4 is 0 Å². The molecule has 4 aromatic heterocycles. The normalized spacial score (nSPS) is 10.9. The van der Waals surface area contributed by atoms with Gasteiger partial charge in [0.1, 0.15) is 9.76 Å². The van der Waals surface area contributed by atoms with Crippen LogP contribution in [0.1, 0.15) is 11.4 Å². The SMILES string of the molecule is Cc1nc(Cl)c2nccn2c1Br.Cc1nc(Cl)c2nccn2c1Cl. The van der Waals surface area contributed by atoms with Gasteiger partial charge >= 0.3 is 0 Å². The van der Waals surface area contributed by atoms with Crippen LogP contribution >= 0.6 is 50.7 Å². The predicted molar refractivity (Wildman–Crippen MR) is 98.2 cm³/mol. The number of halogens is 4. The highest BCUT2D eigenvalue weighted by molar-refractivity contribution is 9.10. The lowest BCUT2D eigenvalue weighted by molar-refractivity contribution is 1.03. The minimum absolute atomic E-state index is 0.377. The molecule has 0 aromatic carbocycles. The highest BCUT2D eigenvalue weighted by Crippen LogP contribution is 2.21. The van der Waals surface area contributed by atoms with Gasteiger partial charge in [-0.15, -0.1) is 0 Å². The molecule has 0 N–H and O–H groups in total. The monoisotopic (exact) mass is 446 g/mol. The lowest BCUT2D eigenvalue weighted by atomic mass is 10.5. The van der Waals surface area contributed by atoms with E-state index in [4.69, 9.17) is 34.8 Å². The molecule has 6 nitrogen and oxygen atoms in total. The van der Waals surface area contributed by atoms with E-state index in [1.807, 2.05) is 17.5 Å². The first-order valence-corrected chi connectivity index (χ1v) is 8.62. The van der Waals surface area contributed by atoms with E-state index in [0.29, 0.717) is 32.4 Å². The van der Waals surface area contributed by atoms with E-state index in [0.717, 1.165) is 10.3 Å². The Kier molecular flexibility index (Phi) is 4.96. The molecule has 24 heavy (non-hydrogen) atoms. The summed E-state index contributed by atoms with van der Waals surface area (Å²) in [5.41, 5.74) is 2.82. The van der Waals surface area contributed by atoms with Crippen LogP contribution in [0.3, 0.4) is 0 Å². The molecule has 0 aliphatic rings. The molecular weight excluding hydrogens is 438 g/mol. The molecule has 0 bridgehead atoms. The van der Waals surface area contributed by atoms with Crippen molar-refractivity contribution < 1.29 is 0 Å². The summed E-state index contributed by atoms with van der Waals surface area (Å²) in [7, 11) is 0. The van der Waals surface area contributed by atoms with Gasteiger partial charge in [-0.05, 0) is 29.8 Å². The van der Waals surface area contributed by atoms with Crippen LogP contribution in [0.25, 0.3) is 11.3 Å². The largest absolute Gasteiger partial charge is 0.290 e. The lowest BCUT2D eigenvalue weighted by Crippen LogP contribution is -1.94. The van der Waals surface area contributed by atoms with Crippen molar-refractivity contribution >= 4 is 62.0 Å². The molecule has 0 spiro atoms. The molecule has 0 amide bonds. The molecule has 0 aliphatic carbocycles. The molecule has 4 aromatic rings. The van der Waals surface area contributed by atoms with Gasteiger partial charge in [-0.3, -0.25) is 8.80 Å². The van der Waals surface area contributed by atoms with E-state index in [1.54, 1.807) is 29.9 Å². The van der Waals surface area contributed by atoms with E-state index in [9.17, 15) is 0 Å². The Hall–Kier alpha value is -1.41. The smallest absolute Gasteiger partial charge is 0.176 e. The van der Waals surface area contributed by atoms with E-state index in [2.05, 4.69) is 35.9 Å². The van der Waals surface area contributed by atoms with Gasteiger partial charge in [0, 0.05) is 24.8 Å². The second kappa shape index (κ2) is 6.84. The maximum atomic E-state index is 5.94. The number of fused-ring (bicyclic) bond motifs is 2. The van der Waals surface area contributed by atoms with E-state index in [-0.39, 0.29) is 0 Å². The van der Waals surface area contributed by atoms with Crippen LogP contribution in [0.5, 0.6) is 0 Å². The molecule has 0 unspecified atom stereocenters. The van der Waals surface area contributed by atoms with Gasteiger partial charge in [0.05, 0.1) is 11.4 Å². The average Bonchev–Trinajstić information content (AvgIpc) is 3.20. The number of rotatable bonds is 0. The highest BCUT2D eigenvalue weighted by atomic mass is 79.9. The Balaban J connectivity index is 0.000000141. The molecule has 0 fully saturated rings. The first-order chi connectivity index (χ1) is 11.4. The Morgan fingerprint density at radius 3 is 1.96 bits per heavy atom. The molecular formula is C14H10BrCl3N6. The van der Waals surface area contributed by atoms with Crippen LogP contribution in [0.4, 0.5) is 0 Å². The van der Waals surface area contributed by atoms with Crippen molar-refractivity contribution in [3.63, 3.8) is 0 Å². The minimum atomic E-state index is 0.377. The average molecular weight is 449 g/mol. The number of imidazole rings is 2. The van der Waals surface area contributed by atoms with Crippen LogP contribution in [-0.4, -0.2) is 28.7 Å². The topological polar surface area (TPSA) is 60.4 Å². The van der Waals surface area contributed by atoms with Crippen LogP contribution in [0.15, 0.2) is 29.4 Å². The molecule has 0 saturated heterocycles. The zero-order valence-corrected chi connectivity index (χ0v) is 16.4. The maximum absolute atomic E-state index is 5.94. The van der Waals surface area contributed by atoms with Gasteiger partial charge in [-0.1, -0.05) is 34.8 Å². The van der Waals surface area contributed by atoms with Crippen LogP contribution in [-0.2, 0) is 0 Å². The van der Waals surface area contributed by atoms with Crippen molar-refractivity contribution in [2.75, 3.05) is 0 Å². The molecule has 10 heteroatoms. The lowest BCUT2D eigenvalue weighted by Gasteiger charge is -2.01. The van der Waals surface area contributed by atoms with Crippen molar-refractivity contribution in [3.8, 4) is 0 Å². The quantitative estimate of drug-likeness (QED) is 0.388. The van der Waals surface area contributed by atoms with Crippen molar-refractivity contribution in [2.45, 2.75) is 13.8 Å². The molecule has 4 heterocycles. The number of hydrogen-bond acceptors (Lipinski definition) is 4. The van der Waals surface area contributed by atoms with Gasteiger partial charge < -0.3 is 0 Å². The molecule has 4 rings (SSSR count). The van der Waals surface area contributed by atoms with Crippen molar-refractivity contribution in [1.29, 1.82) is 0 Å². The van der Waals surface area contributed by atoms with E-state index >= 15 is 0 Å². The summed E-state index contributed by atoms with van der Waals surface area (Å²) in [4.78, 5) is 16.2. The van der Waals surface area contributed by atoms with Crippen LogP contribution in [0.2, 0.25) is 15.5 Å². The molecule has 0 aliphatic heterocycles. The number of nitrogens with zero attached hydrogens (tertiary/aromatic N) is 6. The Morgan fingerprint density at radius 1 is 0.833 bits per heavy atom. The fourth-order valence-electron chi connectivity index (χ4n) is 2.06. The fourth-order valence-corrected chi connectivity index (χ4v) is 3.15. The predicted octanol–water partition coefficient (Wildman–Crippen LogP) is 4.80. The van der Waals surface area contributed by atoms with Gasteiger partial charge in [-0.2, -0.15) is 0 Å². The summed E-state index contributed by atoms with van der Waals surface area (Å²) >= 11 is 21.0. The van der Waals surface area contributed by atoms with Gasteiger partial charge in [0.25, 0.3) is 0 Å². The summed E-state index contributed by atoms with van der Waals surface area (Å²) < 4.78 is 4.44. The minimum Gasteiger partial charge on any atom is -0.290 e. The molecule has 0 atom stereocenters. The first-order valence-electron chi connectivity index (χ1n) is 6.69. The zero-order valence-electron chi connectivity index (χ0n) is 12.5. The second-order valence-electron chi connectivity index (χ2n) is 4.80. The zero-order chi connectivity index (χ0) is 17.4. The standard InChI is InChI=1S/C7H5BrClN3.C7H5Cl2N3/c1-4-5(8)12-3-2-10-7(12)6(9)11-4;1-4-6(9)12-3-2-10-7(12)5(8)11-4/h2*2-3H,1H3. The third kappa shape index (κ3) is 3.09. The fraction of sp³-hybridized carbons (Fsp3) is 0.143. The van der Waals surface area contributed by atoms with E-state index < -0.39 is 0 Å². The third-order valence-electron chi connectivity index (χ3n) is 3.20. The summed E-state index contributed by atoms with van der Waals surface area (Å²) in [6.07, 6.45) is 6.90. The Bertz CT molecular complexity index is 958. The summed E-state index contributed by atoms with van der Waals surface area (Å²) in [5, 5.41) is 1.36. The van der Waals surface area contributed by atoms with Gasteiger partial charge in [0.2, 0.25) is 0 Å². The second-order valence-corrected chi connectivity index (χ2v) is 6.62. The number of aromatic nitrogens is 6. The van der Waals surface area contributed by atoms with Crippen LogP contribution in [0, 0.1) is 13.8 Å². The maximum Gasteiger partial charge on any atom is 0.176 e. The highest BCUT2D eigenvalue weighted by Gasteiger charge is 2.08. The summed E-state index contributed by atoms with van der Waals surface area (Å²) in [6.45, 7) is 3.68. The van der Waals surface area contributed by atoms with E-state index in [1.165, 1.54) is 0 Å². The molecule has 124 valence electrons. The number of aryl methyl sites for hydroxylation is 2. The third-order valence-corrected chi connectivity index (χ3v) is 5.12. The Labute approximate surface area is 160 Å². The van der Waals surface area contributed by atoms with Gasteiger partial charge in [-0.25, -0.2) is 19.9 Å². The number of hydrogen-bond donors (Lipinski definition) is 0. The van der Waals surface area contributed by atoms with Crippen molar-refractivity contribution in [1.82, 2.24) is 28.7 Å². The molecule has 0 saturated carbocycles.